The van der Waals surface area contributed by atoms with E-state index in [0.29, 0.717) is 33.3 Å². The Morgan fingerprint density at radius 2 is 1.84 bits per heavy atom. The quantitative estimate of drug-likeness (QED) is 0.873. The number of benzene rings is 1. The summed E-state index contributed by atoms with van der Waals surface area (Å²) in [5.41, 5.74) is 1.48. The van der Waals surface area contributed by atoms with E-state index in [2.05, 4.69) is 29.5 Å². The first kappa shape index (κ1) is 14.6. The van der Waals surface area contributed by atoms with Crippen LogP contribution in [0.1, 0.15) is 19.5 Å². The van der Waals surface area contributed by atoms with Gasteiger partial charge in [-0.25, -0.2) is 4.68 Å². The molecule has 0 aliphatic carbocycles. The lowest BCUT2D eigenvalue weighted by Gasteiger charge is -2.06. The van der Waals surface area contributed by atoms with Crippen molar-refractivity contribution in [2.45, 2.75) is 26.4 Å². The molecule has 0 bridgehead atoms. The van der Waals surface area contributed by atoms with Gasteiger partial charge in [0.05, 0.1) is 32.6 Å². The third kappa shape index (κ3) is 3.60. The molecule has 0 saturated heterocycles. The highest BCUT2D eigenvalue weighted by Gasteiger charge is 2.10. The van der Waals surface area contributed by atoms with Crippen LogP contribution in [0.4, 0.5) is 0 Å². The van der Waals surface area contributed by atoms with Crippen LogP contribution in [0.3, 0.4) is 0 Å². The highest BCUT2D eigenvalue weighted by molar-refractivity contribution is 6.43. The van der Waals surface area contributed by atoms with E-state index in [1.165, 1.54) is 0 Å². The molecule has 0 fully saturated rings. The number of rotatable bonds is 4. The maximum absolute atomic E-state index is 6.13. The van der Waals surface area contributed by atoms with Crippen LogP contribution in [0.15, 0.2) is 18.3 Å². The molecular formula is C12H13Cl3N4. The Hall–Kier alpha value is -0.810. The molecule has 0 atom stereocenters. The van der Waals surface area contributed by atoms with Gasteiger partial charge in [0.25, 0.3) is 0 Å². The molecule has 1 aromatic heterocycles. The predicted molar refractivity (Wildman–Crippen MR) is 78.4 cm³/mol. The first-order valence-electron chi connectivity index (χ1n) is 5.77. The highest BCUT2D eigenvalue weighted by Crippen LogP contribution is 2.30. The SMILES string of the molecule is CC(C)NCc1cn(-c2cc(Cl)c(Cl)cc2Cl)nn1. The Labute approximate surface area is 126 Å². The Morgan fingerprint density at radius 1 is 1.16 bits per heavy atom. The van der Waals surface area contributed by atoms with Crippen LogP contribution in [-0.4, -0.2) is 21.0 Å². The molecule has 1 aromatic carbocycles. The van der Waals surface area contributed by atoms with E-state index >= 15 is 0 Å². The summed E-state index contributed by atoms with van der Waals surface area (Å²) in [6.07, 6.45) is 1.81. The molecule has 2 rings (SSSR count). The van der Waals surface area contributed by atoms with Crippen molar-refractivity contribution in [2.24, 2.45) is 0 Å². The summed E-state index contributed by atoms with van der Waals surface area (Å²) in [5, 5.41) is 12.7. The fourth-order valence-corrected chi connectivity index (χ4v) is 2.12. The molecule has 0 amide bonds. The minimum absolute atomic E-state index is 0.388. The Balaban J connectivity index is 2.25. The van der Waals surface area contributed by atoms with Gasteiger partial charge in [-0.2, -0.15) is 0 Å². The van der Waals surface area contributed by atoms with Gasteiger partial charge in [-0.3, -0.25) is 0 Å². The number of aromatic nitrogens is 3. The second kappa shape index (κ2) is 6.09. The number of hydrogen-bond donors (Lipinski definition) is 1. The van der Waals surface area contributed by atoms with E-state index < -0.39 is 0 Å². The van der Waals surface area contributed by atoms with Crippen LogP contribution in [0.2, 0.25) is 15.1 Å². The Morgan fingerprint density at radius 3 is 2.53 bits per heavy atom. The third-order valence-corrected chi connectivity index (χ3v) is 3.49. The molecule has 0 aliphatic heterocycles. The van der Waals surface area contributed by atoms with E-state index in [-0.39, 0.29) is 0 Å². The number of halogens is 3. The van der Waals surface area contributed by atoms with Crippen molar-refractivity contribution in [3.63, 3.8) is 0 Å². The van der Waals surface area contributed by atoms with Crippen LogP contribution >= 0.6 is 34.8 Å². The minimum Gasteiger partial charge on any atom is -0.309 e. The minimum atomic E-state index is 0.388. The summed E-state index contributed by atoms with van der Waals surface area (Å²) in [6, 6.07) is 3.65. The van der Waals surface area contributed by atoms with Crippen LogP contribution in [-0.2, 0) is 6.54 Å². The van der Waals surface area contributed by atoms with E-state index in [4.69, 9.17) is 34.8 Å². The normalized spacial score (nSPS) is 11.3. The van der Waals surface area contributed by atoms with Crippen molar-refractivity contribution in [3.8, 4) is 5.69 Å². The number of nitrogens with zero attached hydrogens (tertiary/aromatic N) is 3. The molecule has 1 N–H and O–H groups in total. The van der Waals surface area contributed by atoms with Gasteiger partial charge in [0.1, 0.15) is 0 Å². The van der Waals surface area contributed by atoms with Gasteiger partial charge in [0.2, 0.25) is 0 Å². The monoisotopic (exact) mass is 318 g/mol. The number of hydrogen-bond acceptors (Lipinski definition) is 3. The molecule has 2 aromatic rings. The summed E-state index contributed by atoms with van der Waals surface area (Å²) < 4.78 is 1.59. The van der Waals surface area contributed by atoms with E-state index in [9.17, 15) is 0 Å². The first-order valence-corrected chi connectivity index (χ1v) is 6.90. The predicted octanol–water partition coefficient (Wildman–Crippen LogP) is 3.73. The highest BCUT2D eigenvalue weighted by atomic mass is 35.5. The first-order chi connectivity index (χ1) is 8.97. The van der Waals surface area contributed by atoms with E-state index in [0.717, 1.165) is 5.69 Å². The van der Waals surface area contributed by atoms with Gasteiger partial charge in [0, 0.05) is 12.6 Å². The molecule has 0 radical (unpaired) electrons. The van der Waals surface area contributed by atoms with Gasteiger partial charge >= 0.3 is 0 Å². The topological polar surface area (TPSA) is 42.7 Å². The second-order valence-corrected chi connectivity index (χ2v) is 5.63. The zero-order valence-electron chi connectivity index (χ0n) is 10.5. The molecule has 0 aliphatic rings. The maximum Gasteiger partial charge on any atom is 0.0969 e. The zero-order valence-corrected chi connectivity index (χ0v) is 12.8. The molecule has 102 valence electrons. The molecule has 7 heteroatoms. The second-order valence-electron chi connectivity index (χ2n) is 4.41. The van der Waals surface area contributed by atoms with E-state index in [1.54, 1.807) is 23.0 Å². The van der Waals surface area contributed by atoms with Crippen molar-refractivity contribution in [3.05, 3.63) is 39.1 Å². The van der Waals surface area contributed by atoms with Gasteiger partial charge in [-0.05, 0) is 12.1 Å². The zero-order chi connectivity index (χ0) is 14.0. The molecule has 19 heavy (non-hydrogen) atoms. The van der Waals surface area contributed by atoms with Crippen LogP contribution in [0.5, 0.6) is 0 Å². The number of nitrogens with one attached hydrogen (secondary N) is 1. The van der Waals surface area contributed by atoms with Crippen LogP contribution in [0.25, 0.3) is 5.69 Å². The fourth-order valence-electron chi connectivity index (χ4n) is 1.49. The summed E-state index contributed by atoms with van der Waals surface area (Å²) in [6.45, 7) is 4.79. The molecule has 0 spiro atoms. The van der Waals surface area contributed by atoms with Crippen LogP contribution in [0, 0.1) is 0 Å². The Bertz CT molecular complexity index is 580. The summed E-state index contributed by atoms with van der Waals surface area (Å²) in [4.78, 5) is 0. The Kier molecular flexibility index (Phi) is 4.68. The average Bonchev–Trinajstić information content (AvgIpc) is 2.80. The van der Waals surface area contributed by atoms with Crippen molar-refractivity contribution in [2.75, 3.05) is 0 Å². The largest absolute Gasteiger partial charge is 0.309 e. The van der Waals surface area contributed by atoms with Gasteiger partial charge < -0.3 is 5.32 Å². The average molecular weight is 320 g/mol. The molecule has 4 nitrogen and oxygen atoms in total. The van der Waals surface area contributed by atoms with Gasteiger partial charge in [-0.1, -0.05) is 53.9 Å². The lowest BCUT2D eigenvalue weighted by atomic mass is 10.3. The van der Waals surface area contributed by atoms with Crippen molar-refractivity contribution in [1.82, 2.24) is 20.3 Å². The molecular weight excluding hydrogens is 307 g/mol. The lowest BCUT2D eigenvalue weighted by molar-refractivity contribution is 0.580. The van der Waals surface area contributed by atoms with Gasteiger partial charge in [0.15, 0.2) is 0 Å². The summed E-state index contributed by atoms with van der Waals surface area (Å²) in [7, 11) is 0. The lowest BCUT2D eigenvalue weighted by Crippen LogP contribution is -2.21. The fraction of sp³-hybridized carbons (Fsp3) is 0.333. The third-order valence-electron chi connectivity index (χ3n) is 2.47. The standard InChI is InChI=1S/C12H13Cl3N4/c1-7(2)16-5-8-6-19(18-17-8)12-4-10(14)9(13)3-11(12)15/h3-4,6-7,16H,5H2,1-2H3. The summed E-state index contributed by atoms with van der Waals surface area (Å²) >= 11 is 18.0. The van der Waals surface area contributed by atoms with Crippen molar-refractivity contribution < 1.29 is 0 Å². The maximum atomic E-state index is 6.13. The van der Waals surface area contributed by atoms with Gasteiger partial charge in [-0.15, -0.1) is 5.10 Å². The smallest absolute Gasteiger partial charge is 0.0969 e. The van der Waals surface area contributed by atoms with Crippen molar-refractivity contribution in [1.29, 1.82) is 0 Å². The van der Waals surface area contributed by atoms with Crippen LogP contribution < -0.4 is 5.32 Å². The van der Waals surface area contributed by atoms with Crippen molar-refractivity contribution >= 4 is 34.8 Å². The molecule has 1 heterocycles. The van der Waals surface area contributed by atoms with E-state index in [1.807, 2.05) is 0 Å². The molecule has 0 unspecified atom stereocenters. The molecule has 0 saturated carbocycles. The summed E-state index contributed by atoms with van der Waals surface area (Å²) in [5.74, 6) is 0.